The molecule has 8 heteroatoms. The fourth-order valence-corrected chi connectivity index (χ4v) is 2.60. The molecule has 31 heavy (non-hydrogen) atoms. The lowest BCUT2D eigenvalue weighted by molar-refractivity contribution is -0.138. The van der Waals surface area contributed by atoms with Crippen molar-refractivity contribution in [1.82, 2.24) is 5.32 Å². The Morgan fingerprint density at radius 3 is 2.39 bits per heavy atom. The molecule has 1 amide bonds. The third kappa shape index (κ3) is 6.88. The van der Waals surface area contributed by atoms with Crippen LogP contribution in [0.25, 0.3) is 0 Å². The van der Waals surface area contributed by atoms with Crippen LogP contribution in [-0.4, -0.2) is 45.2 Å². The zero-order valence-corrected chi connectivity index (χ0v) is 18.0. The molecule has 0 aliphatic heterocycles. The Kier molecular flexibility index (Phi) is 8.63. The number of benzene rings is 2. The molecular weight excluding hydrogens is 400 g/mol. The summed E-state index contributed by atoms with van der Waals surface area (Å²) in [7, 11) is 2.37. The molecule has 0 radical (unpaired) electrons. The monoisotopic (exact) mass is 426 g/mol. The van der Waals surface area contributed by atoms with Crippen LogP contribution in [0, 0.1) is 13.8 Å². The topological polar surface area (TPSA) is 103 Å². The van der Waals surface area contributed by atoms with E-state index in [1.165, 1.54) is 19.8 Å². The number of rotatable bonds is 9. The lowest BCUT2D eigenvalue weighted by Crippen LogP contribution is -2.29. The third-order valence-electron chi connectivity index (χ3n) is 4.44. The lowest BCUT2D eigenvalue weighted by Gasteiger charge is -2.14. The molecule has 0 saturated carbocycles. The molecule has 0 fully saturated rings. The number of aryl methyl sites for hydroxylation is 2. The maximum atomic E-state index is 12.6. The normalized spacial score (nSPS) is 10.8. The van der Waals surface area contributed by atoms with E-state index >= 15 is 0 Å². The number of para-hydroxylation sites is 1. The van der Waals surface area contributed by atoms with E-state index in [0.717, 1.165) is 17.4 Å². The van der Waals surface area contributed by atoms with Crippen molar-refractivity contribution in [2.75, 3.05) is 32.7 Å². The van der Waals surface area contributed by atoms with E-state index in [4.69, 9.17) is 4.74 Å². The van der Waals surface area contributed by atoms with Gasteiger partial charge in [0.1, 0.15) is 18.1 Å². The molecule has 2 aromatic rings. The zero-order chi connectivity index (χ0) is 22.8. The first-order valence-electron chi connectivity index (χ1n) is 9.58. The molecular formula is C23H26N2O6. The molecule has 0 unspecified atom stereocenters. The van der Waals surface area contributed by atoms with Gasteiger partial charge in [-0.25, -0.2) is 9.59 Å². The van der Waals surface area contributed by atoms with E-state index in [0.29, 0.717) is 12.3 Å². The summed E-state index contributed by atoms with van der Waals surface area (Å²) in [6.45, 7) is 4.60. The van der Waals surface area contributed by atoms with Crippen LogP contribution in [0.4, 0.5) is 5.69 Å². The minimum absolute atomic E-state index is 0.160. The van der Waals surface area contributed by atoms with E-state index in [1.54, 1.807) is 24.3 Å². The largest absolute Gasteiger partial charge is 0.492 e. The number of carbonyl (C=O) groups excluding carboxylic acids is 3. The van der Waals surface area contributed by atoms with E-state index in [1.807, 2.05) is 32.0 Å². The van der Waals surface area contributed by atoms with E-state index in [9.17, 15) is 14.4 Å². The molecule has 164 valence electrons. The first-order valence-corrected chi connectivity index (χ1v) is 9.58. The summed E-state index contributed by atoms with van der Waals surface area (Å²) in [5.41, 5.74) is 2.76. The number of anilines is 1. The second-order valence-electron chi connectivity index (χ2n) is 6.59. The highest BCUT2D eigenvalue weighted by Crippen LogP contribution is 2.18. The van der Waals surface area contributed by atoms with Gasteiger partial charge in [0, 0.05) is 0 Å². The highest BCUT2D eigenvalue weighted by atomic mass is 16.5. The molecule has 2 aromatic carbocycles. The molecule has 2 rings (SSSR count). The van der Waals surface area contributed by atoms with Crippen molar-refractivity contribution < 1.29 is 28.6 Å². The van der Waals surface area contributed by atoms with Crippen LogP contribution in [0.1, 0.15) is 21.5 Å². The lowest BCUT2D eigenvalue weighted by atomic mass is 10.1. The number of ether oxygens (including phenoxy) is 3. The standard InChI is InChI=1S/C23H26N2O6/c1-15-9-10-17(13-16(15)2)31-12-11-24-22(27)18-7-5-6-8-19(18)25-20(23(28)30-4)14-21(26)29-3/h5-10,13-14,25H,11-12H2,1-4H3,(H,24,27)/b20-14+. The quantitative estimate of drug-likeness (QED) is 0.361. The van der Waals surface area contributed by atoms with Gasteiger partial charge in [-0.2, -0.15) is 0 Å². The molecule has 0 heterocycles. The summed E-state index contributed by atoms with van der Waals surface area (Å²) in [5, 5.41) is 5.54. The molecule has 2 N–H and O–H groups in total. The number of hydrogen-bond acceptors (Lipinski definition) is 7. The molecule has 0 aliphatic rings. The maximum Gasteiger partial charge on any atom is 0.354 e. The molecule has 0 spiro atoms. The summed E-state index contributed by atoms with van der Waals surface area (Å²) >= 11 is 0. The van der Waals surface area contributed by atoms with Crippen LogP contribution in [0.3, 0.4) is 0 Å². The van der Waals surface area contributed by atoms with E-state index < -0.39 is 11.9 Å². The van der Waals surface area contributed by atoms with Gasteiger partial charge in [-0.1, -0.05) is 18.2 Å². The Bertz CT molecular complexity index is 984. The minimum atomic E-state index is -0.776. The summed E-state index contributed by atoms with van der Waals surface area (Å²) in [6.07, 6.45) is 0.956. The van der Waals surface area contributed by atoms with Gasteiger partial charge in [-0.15, -0.1) is 0 Å². The van der Waals surface area contributed by atoms with E-state index in [2.05, 4.69) is 20.1 Å². The Hall–Kier alpha value is -3.81. The molecule has 0 aliphatic carbocycles. The number of nitrogens with one attached hydrogen (secondary N) is 2. The summed E-state index contributed by atoms with van der Waals surface area (Å²) in [5.74, 6) is -1.15. The van der Waals surface area contributed by atoms with Crippen molar-refractivity contribution in [2.24, 2.45) is 0 Å². The van der Waals surface area contributed by atoms with Gasteiger partial charge in [-0.05, 0) is 49.2 Å². The zero-order valence-electron chi connectivity index (χ0n) is 18.0. The molecule has 8 nitrogen and oxygen atoms in total. The average molecular weight is 426 g/mol. The van der Waals surface area contributed by atoms with Crippen molar-refractivity contribution in [2.45, 2.75) is 13.8 Å². The van der Waals surface area contributed by atoms with Crippen LogP contribution in [0.2, 0.25) is 0 Å². The SMILES string of the molecule is COC(=O)/C=C(/Nc1ccccc1C(=O)NCCOc1ccc(C)c(C)c1)C(=O)OC. The molecule has 0 atom stereocenters. The van der Waals surface area contributed by atoms with Crippen LogP contribution in [-0.2, 0) is 19.1 Å². The van der Waals surface area contributed by atoms with Crippen molar-refractivity contribution in [3.8, 4) is 5.75 Å². The number of amides is 1. The van der Waals surface area contributed by atoms with Crippen LogP contribution >= 0.6 is 0 Å². The third-order valence-corrected chi connectivity index (χ3v) is 4.44. The number of hydrogen-bond donors (Lipinski definition) is 2. The Morgan fingerprint density at radius 1 is 0.968 bits per heavy atom. The maximum absolute atomic E-state index is 12.6. The number of esters is 2. The highest BCUT2D eigenvalue weighted by Gasteiger charge is 2.17. The Morgan fingerprint density at radius 2 is 1.71 bits per heavy atom. The van der Waals surface area contributed by atoms with Crippen molar-refractivity contribution >= 4 is 23.5 Å². The van der Waals surface area contributed by atoms with Crippen LogP contribution in [0.15, 0.2) is 54.2 Å². The number of methoxy groups -OCH3 is 2. The first-order chi connectivity index (χ1) is 14.8. The first kappa shape index (κ1) is 23.5. The summed E-state index contributed by atoms with van der Waals surface area (Å²) < 4.78 is 14.9. The van der Waals surface area contributed by atoms with Gasteiger partial charge < -0.3 is 24.8 Å². The summed E-state index contributed by atoms with van der Waals surface area (Å²) in [4.78, 5) is 36.1. The van der Waals surface area contributed by atoms with Crippen LogP contribution < -0.4 is 15.4 Å². The van der Waals surface area contributed by atoms with Crippen molar-refractivity contribution in [1.29, 1.82) is 0 Å². The van der Waals surface area contributed by atoms with E-state index in [-0.39, 0.29) is 23.7 Å². The average Bonchev–Trinajstić information content (AvgIpc) is 2.78. The van der Waals surface area contributed by atoms with Crippen molar-refractivity contribution in [3.05, 3.63) is 70.9 Å². The predicted molar refractivity (Wildman–Crippen MR) is 116 cm³/mol. The Labute approximate surface area is 181 Å². The van der Waals surface area contributed by atoms with Gasteiger partial charge in [0.25, 0.3) is 5.91 Å². The smallest absolute Gasteiger partial charge is 0.354 e. The highest BCUT2D eigenvalue weighted by molar-refractivity contribution is 6.03. The molecule has 0 aromatic heterocycles. The number of carbonyl (C=O) groups is 3. The second kappa shape index (κ2) is 11.4. The minimum Gasteiger partial charge on any atom is -0.492 e. The van der Waals surface area contributed by atoms with Gasteiger partial charge in [0.15, 0.2) is 0 Å². The summed E-state index contributed by atoms with van der Waals surface area (Å²) in [6, 6.07) is 12.4. The van der Waals surface area contributed by atoms with Crippen molar-refractivity contribution in [3.63, 3.8) is 0 Å². The van der Waals surface area contributed by atoms with Gasteiger partial charge in [0.2, 0.25) is 0 Å². The second-order valence-corrected chi connectivity index (χ2v) is 6.59. The van der Waals surface area contributed by atoms with Gasteiger partial charge >= 0.3 is 11.9 Å². The fourth-order valence-electron chi connectivity index (χ4n) is 2.60. The van der Waals surface area contributed by atoms with Gasteiger partial charge in [0.05, 0.1) is 38.1 Å². The van der Waals surface area contributed by atoms with Gasteiger partial charge in [-0.3, -0.25) is 4.79 Å². The molecule has 0 bridgehead atoms. The fraction of sp³-hybridized carbons (Fsp3) is 0.261. The molecule has 0 saturated heterocycles. The van der Waals surface area contributed by atoms with Crippen LogP contribution in [0.5, 0.6) is 5.75 Å². The predicted octanol–water partition coefficient (Wildman–Crippen LogP) is 2.75. The Balaban J connectivity index is 2.03.